The van der Waals surface area contributed by atoms with E-state index in [0.717, 1.165) is 0 Å². The molecule has 18 heavy (non-hydrogen) atoms. The van der Waals surface area contributed by atoms with Gasteiger partial charge in [0.15, 0.2) is 9.84 Å². The average molecular weight is 301 g/mol. The van der Waals surface area contributed by atoms with Gasteiger partial charge in [0.25, 0.3) is 10.1 Å². The largest absolute Gasteiger partial charge is 0.286 e. The Kier molecular flexibility index (Phi) is 7.65. The van der Waals surface area contributed by atoms with Crippen LogP contribution < -0.4 is 0 Å². The van der Waals surface area contributed by atoms with Gasteiger partial charge in [-0.2, -0.15) is 8.42 Å². The molecule has 97 valence electrons. The fourth-order valence-electron chi connectivity index (χ4n) is 1.32. The normalized spacial score (nSPS) is 11.8. The van der Waals surface area contributed by atoms with Gasteiger partial charge in [0.05, 0.1) is 16.4 Å². The second-order valence-corrected chi connectivity index (χ2v) is 7.31. The van der Waals surface area contributed by atoms with Gasteiger partial charge in [-0.15, -0.1) is 0 Å². The summed E-state index contributed by atoms with van der Waals surface area (Å²) in [7, 11) is -7.36. The Labute approximate surface area is 130 Å². The van der Waals surface area contributed by atoms with E-state index in [4.69, 9.17) is 4.55 Å². The first kappa shape index (κ1) is 18.1. The fourth-order valence-corrected chi connectivity index (χ4v) is 3.28. The van der Waals surface area contributed by atoms with Crippen molar-refractivity contribution in [3.05, 3.63) is 30.3 Å². The zero-order chi connectivity index (χ0) is 12.9. The number of benzene rings is 1. The van der Waals surface area contributed by atoms with Crippen molar-refractivity contribution >= 4 is 49.5 Å². The fraction of sp³-hybridized carbons (Fsp3) is 0.400. The van der Waals surface area contributed by atoms with Gasteiger partial charge in [-0.3, -0.25) is 4.55 Å². The molecule has 0 aliphatic carbocycles. The Hall–Kier alpha value is 0.0800. The summed E-state index contributed by atoms with van der Waals surface area (Å²) in [6, 6.07) is 7.98. The minimum absolute atomic E-state index is 0. The van der Waals surface area contributed by atoms with E-state index >= 15 is 0 Å². The van der Waals surface area contributed by atoms with Crippen LogP contribution in [0.5, 0.6) is 0 Å². The van der Waals surface area contributed by atoms with E-state index in [1.807, 2.05) is 0 Å². The summed E-state index contributed by atoms with van der Waals surface area (Å²) in [5, 5.41) is 0. The Morgan fingerprint density at radius 2 is 1.39 bits per heavy atom. The van der Waals surface area contributed by atoms with E-state index < -0.39 is 25.7 Å². The van der Waals surface area contributed by atoms with Crippen molar-refractivity contribution < 1.29 is 21.4 Å². The summed E-state index contributed by atoms with van der Waals surface area (Å²) in [4.78, 5) is 0.229. The van der Waals surface area contributed by atoms with Crippen LogP contribution in [0, 0.1) is 0 Å². The van der Waals surface area contributed by atoms with Crippen LogP contribution in [0.3, 0.4) is 0 Å². The maximum Gasteiger partial charge on any atom is 0.264 e. The molecule has 0 atom stereocenters. The number of sulfone groups is 1. The van der Waals surface area contributed by atoms with Crippen molar-refractivity contribution in [1.29, 1.82) is 0 Å². The summed E-state index contributed by atoms with van der Waals surface area (Å²) in [6.07, 6.45) is 0.335. The van der Waals surface area contributed by atoms with Gasteiger partial charge < -0.3 is 0 Å². The van der Waals surface area contributed by atoms with Crippen molar-refractivity contribution in [3.8, 4) is 0 Å². The van der Waals surface area contributed by atoms with Gasteiger partial charge in [0, 0.05) is 29.6 Å². The summed E-state index contributed by atoms with van der Waals surface area (Å²) in [6.45, 7) is 0. The predicted octanol–water partition coefficient (Wildman–Crippen LogP) is 0.748. The van der Waals surface area contributed by atoms with Crippen LogP contribution in [0.4, 0.5) is 0 Å². The molecule has 1 aromatic carbocycles. The molecule has 0 heterocycles. The molecule has 0 aliphatic rings. The molecule has 0 unspecified atom stereocenters. The van der Waals surface area contributed by atoms with Gasteiger partial charge >= 0.3 is 0 Å². The van der Waals surface area contributed by atoms with Crippen molar-refractivity contribution in [2.75, 3.05) is 11.5 Å². The Balaban J connectivity index is 0.00000289. The number of hydrogen-bond donors (Lipinski definition) is 1. The molecule has 8 heteroatoms. The van der Waals surface area contributed by atoms with Gasteiger partial charge in [0.1, 0.15) is 0 Å². The van der Waals surface area contributed by atoms with Crippen LogP contribution in [0.2, 0.25) is 0 Å². The molecule has 1 rings (SSSR count). The van der Waals surface area contributed by atoms with Crippen LogP contribution in [-0.4, -0.2) is 62.5 Å². The second-order valence-electron chi connectivity index (χ2n) is 3.63. The van der Waals surface area contributed by atoms with E-state index in [9.17, 15) is 16.8 Å². The monoisotopic (exact) mass is 301 g/mol. The molecule has 0 amide bonds. The maximum atomic E-state index is 11.7. The summed E-state index contributed by atoms with van der Waals surface area (Å²) in [5.74, 6) is -0.524. The molecule has 5 nitrogen and oxygen atoms in total. The molecule has 1 aromatic rings. The Morgan fingerprint density at radius 1 is 0.889 bits per heavy atom. The van der Waals surface area contributed by atoms with Crippen molar-refractivity contribution in [1.82, 2.24) is 0 Å². The number of unbranched alkanes of at least 4 members (excludes halogenated alkanes) is 1. The van der Waals surface area contributed by atoms with Crippen LogP contribution in [0.1, 0.15) is 12.8 Å². The van der Waals surface area contributed by atoms with Gasteiger partial charge in [-0.1, -0.05) is 18.2 Å². The van der Waals surface area contributed by atoms with E-state index in [-0.39, 0.29) is 53.0 Å². The third-order valence-corrected chi connectivity index (χ3v) is 4.79. The summed E-state index contributed by atoms with van der Waals surface area (Å²) < 4.78 is 52.8. The average Bonchev–Trinajstić information content (AvgIpc) is 2.25. The smallest absolute Gasteiger partial charge is 0.264 e. The van der Waals surface area contributed by atoms with Gasteiger partial charge in [0.2, 0.25) is 0 Å². The standard InChI is InChI=1S/C10H14O5S2.Na/c11-16(12,10-6-2-1-3-7-10)8-4-5-9-17(13,14)15;/h1-3,6-7H,4-5,8-9H2,(H,13,14,15);. The zero-order valence-corrected chi connectivity index (χ0v) is 13.7. The minimum atomic E-state index is -4.00. The molecular formula is C10H14NaO5S2. The predicted molar refractivity (Wildman–Crippen MR) is 69.9 cm³/mol. The van der Waals surface area contributed by atoms with E-state index in [2.05, 4.69) is 0 Å². The molecule has 0 aromatic heterocycles. The quantitative estimate of drug-likeness (QED) is 0.476. The van der Waals surface area contributed by atoms with Crippen LogP contribution in [-0.2, 0) is 20.0 Å². The number of hydrogen-bond acceptors (Lipinski definition) is 4. The molecule has 0 bridgehead atoms. The summed E-state index contributed by atoms with van der Waals surface area (Å²) in [5.41, 5.74) is 0. The van der Waals surface area contributed by atoms with Crippen molar-refractivity contribution in [2.45, 2.75) is 17.7 Å². The van der Waals surface area contributed by atoms with Crippen LogP contribution in [0.25, 0.3) is 0 Å². The SMILES string of the molecule is O=S(=O)(O)CCCCS(=O)(=O)c1ccccc1.[Na]. The first-order valence-electron chi connectivity index (χ1n) is 5.04. The minimum Gasteiger partial charge on any atom is -0.286 e. The molecule has 1 radical (unpaired) electrons. The molecule has 0 saturated carbocycles. The molecule has 0 fully saturated rings. The van der Waals surface area contributed by atoms with Crippen LogP contribution >= 0.6 is 0 Å². The summed E-state index contributed by atoms with van der Waals surface area (Å²) >= 11 is 0. The van der Waals surface area contributed by atoms with E-state index in [1.54, 1.807) is 18.2 Å². The first-order chi connectivity index (χ1) is 7.81. The van der Waals surface area contributed by atoms with E-state index in [0.29, 0.717) is 0 Å². The molecule has 0 saturated heterocycles. The van der Waals surface area contributed by atoms with Crippen molar-refractivity contribution in [3.63, 3.8) is 0 Å². The third-order valence-electron chi connectivity index (χ3n) is 2.17. The number of rotatable bonds is 6. The topological polar surface area (TPSA) is 88.5 Å². The molecule has 1 N–H and O–H groups in total. The molecular weight excluding hydrogens is 287 g/mol. The van der Waals surface area contributed by atoms with Crippen molar-refractivity contribution in [2.24, 2.45) is 0 Å². The maximum absolute atomic E-state index is 11.7. The molecule has 0 spiro atoms. The van der Waals surface area contributed by atoms with E-state index in [1.165, 1.54) is 12.1 Å². The Bertz CT molecular complexity index is 551. The second kappa shape index (κ2) is 7.62. The van der Waals surface area contributed by atoms with Gasteiger partial charge in [-0.05, 0) is 25.0 Å². The van der Waals surface area contributed by atoms with Gasteiger partial charge in [-0.25, -0.2) is 8.42 Å². The third kappa shape index (κ3) is 6.86. The molecule has 0 aliphatic heterocycles. The Morgan fingerprint density at radius 3 is 1.89 bits per heavy atom. The first-order valence-corrected chi connectivity index (χ1v) is 8.30. The van der Waals surface area contributed by atoms with Crippen LogP contribution in [0.15, 0.2) is 35.2 Å². The zero-order valence-electron chi connectivity index (χ0n) is 10.1.